The molecule has 2 rings (SSSR count). The van der Waals surface area contributed by atoms with Gasteiger partial charge < -0.3 is 5.73 Å². The van der Waals surface area contributed by atoms with Crippen molar-refractivity contribution in [3.05, 3.63) is 41.7 Å². The van der Waals surface area contributed by atoms with Crippen LogP contribution in [0.1, 0.15) is 24.2 Å². The van der Waals surface area contributed by atoms with Crippen LogP contribution in [0.2, 0.25) is 0 Å². The summed E-state index contributed by atoms with van der Waals surface area (Å²) in [7, 11) is 0. The minimum absolute atomic E-state index is 0.303. The van der Waals surface area contributed by atoms with Gasteiger partial charge in [0.1, 0.15) is 0 Å². The van der Waals surface area contributed by atoms with Gasteiger partial charge in [-0.1, -0.05) is 5.21 Å². The fraction of sp³-hybridized carbons (Fsp3) is 0.273. The second-order valence-electron chi connectivity index (χ2n) is 3.90. The lowest BCUT2D eigenvalue weighted by atomic mass is 10.2. The van der Waals surface area contributed by atoms with Crippen molar-refractivity contribution in [3.63, 3.8) is 0 Å². The van der Waals surface area contributed by atoms with E-state index in [9.17, 15) is 13.2 Å². The van der Waals surface area contributed by atoms with E-state index in [2.05, 4.69) is 10.3 Å². The summed E-state index contributed by atoms with van der Waals surface area (Å²) in [5.74, 6) is 0. The molecule has 18 heavy (non-hydrogen) atoms. The van der Waals surface area contributed by atoms with Gasteiger partial charge >= 0.3 is 6.18 Å². The van der Waals surface area contributed by atoms with Crippen molar-refractivity contribution in [2.75, 3.05) is 0 Å². The van der Waals surface area contributed by atoms with Gasteiger partial charge in [-0.15, -0.1) is 5.10 Å². The lowest BCUT2D eigenvalue weighted by molar-refractivity contribution is -0.137. The van der Waals surface area contributed by atoms with Crippen molar-refractivity contribution in [2.24, 2.45) is 5.73 Å². The Bertz CT molecular complexity index is 528. The number of hydrogen-bond acceptors (Lipinski definition) is 3. The van der Waals surface area contributed by atoms with Crippen molar-refractivity contribution in [2.45, 2.75) is 19.1 Å². The van der Waals surface area contributed by atoms with E-state index in [0.717, 1.165) is 12.1 Å². The van der Waals surface area contributed by atoms with Crippen molar-refractivity contribution in [1.29, 1.82) is 0 Å². The minimum atomic E-state index is -4.34. The molecule has 1 atom stereocenters. The van der Waals surface area contributed by atoms with E-state index < -0.39 is 11.7 Å². The van der Waals surface area contributed by atoms with E-state index in [1.807, 2.05) is 0 Å². The first-order chi connectivity index (χ1) is 8.39. The molecule has 2 aromatic rings. The van der Waals surface area contributed by atoms with Crippen LogP contribution in [0.4, 0.5) is 13.2 Å². The molecular weight excluding hydrogens is 245 g/mol. The highest BCUT2D eigenvalue weighted by molar-refractivity contribution is 5.36. The Kier molecular flexibility index (Phi) is 3.08. The Labute approximate surface area is 101 Å². The molecule has 0 aliphatic rings. The Hall–Kier alpha value is -1.89. The van der Waals surface area contributed by atoms with Crippen molar-refractivity contribution >= 4 is 0 Å². The molecule has 4 nitrogen and oxygen atoms in total. The monoisotopic (exact) mass is 256 g/mol. The van der Waals surface area contributed by atoms with Gasteiger partial charge in [0, 0.05) is 6.04 Å². The van der Waals surface area contributed by atoms with Gasteiger partial charge in [-0.25, -0.2) is 4.68 Å². The van der Waals surface area contributed by atoms with Crippen LogP contribution >= 0.6 is 0 Å². The maximum absolute atomic E-state index is 12.4. The van der Waals surface area contributed by atoms with Crippen LogP contribution in [-0.4, -0.2) is 15.0 Å². The Morgan fingerprint density at radius 2 is 1.83 bits per heavy atom. The van der Waals surface area contributed by atoms with E-state index in [-0.39, 0.29) is 6.04 Å². The molecule has 0 saturated heterocycles. The minimum Gasteiger partial charge on any atom is -0.323 e. The van der Waals surface area contributed by atoms with E-state index in [4.69, 9.17) is 5.73 Å². The molecule has 1 aromatic carbocycles. The molecule has 0 bridgehead atoms. The SMILES string of the molecule is CC(N)c1cnnn1-c1ccc(C(F)(F)F)cc1. The van der Waals surface area contributed by atoms with Crippen LogP contribution in [0.3, 0.4) is 0 Å². The van der Waals surface area contributed by atoms with Gasteiger partial charge in [-0.05, 0) is 31.2 Å². The summed E-state index contributed by atoms with van der Waals surface area (Å²) < 4.78 is 38.7. The molecule has 1 aromatic heterocycles. The summed E-state index contributed by atoms with van der Waals surface area (Å²) >= 11 is 0. The van der Waals surface area contributed by atoms with E-state index in [0.29, 0.717) is 11.4 Å². The van der Waals surface area contributed by atoms with E-state index in [1.165, 1.54) is 23.0 Å². The van der Waals surface area contributed by atoms with Gasteiger partial charge in [0.15, 0.2) is 0 Å². The van der Waals surface area contributed by atoms with Crippen LogP contribution in [0.25, 0.3) is 5.69 Å². The standard InChI is InChI=1S/C11H11F3N4/c1-7(15)10-6-16-17-18(10)9-4-2-8(3-5-9)11(12,13)14/h2-7H,15H2,1H3. The van der Waals surface area contributed by atoms with Crippen LogP contribution < -0.4 is 5.73 Å². The Morgan fingerprint density at radius 3 is 2.33 bits per heavy atom. The van der Waals surface area contributed by atoms with Crippen LogP contribution in [-0.2, 0) is 6.18 Å². The molecule has 0 amide bonds. The highest BCUT2D eigenvalue weighted by atomic mass is 19.4. The highest BCUT2D eigenvalue weighted by Crippen LogP contribution is 2.29. The van der Waals surface area contributed by atoms with Crippen molar-refractivity contribution < 1.29 is 13.2 Å². The number of nitrogens with zero attached hydrogens (tertiary/aromatic N) is 3. The number of hydrogen-bond donors (Lipinski definition) is 1. The van der Waals surface area contributed by atoms with Gasteiger partial charge in [-0.3, -0.25) is 0 Å². The molecule has 1 unspecified atom stereocenters. The summed E-state index contributed by atoms with van der Waals surface area (Å²) in [6.07, 6.45) is -2.85. The summed E-state index contributed by atoms with van der Waals surface area (Å²) in [6, 6.07) is 4.37. The second kappa shape index (κ2) is 4.41. The van der Waals surface area contributed by atoms with Crippen molar-refractivity contribution in [3.8, 4) is 5.69 Å². The average molecular weight is 256 g/mol. The number of rotatable bonds is 2. The molecule has 0 fully saturated rings. The third-order valence-electron chi connectivity index (χ3n) is 2.48. The quantitative estimate of drug-likeness (QED) is 0.897. The third kappa shape index (κ3) is 2.35. The smallest absolute Gasteiger partial charge is 0.323 e. The van der Waals surface area contributed by atoms with Crippen LogP contribution in [0.5, 0.6) is 0 Å². The lowest BCUT2D eigenvalue weighted by Gasteiger charge is -2.10. The predicted octanol–water partition coefficient (Wildman–Crippen LogP) is 2.31. The zero-order valence-electron chi connectivity index (χ0n) is 9.52. The molecule has 2 N–H and O–H groups in total. The zero-order valence-corrected chi connectivity index (χ0v) is 9.52. The first-order valence-electron chi connectivity index (χ1n) is 5.23. The third-order valence-corrected chi connectivity index (χ3v) is 2.48. The Balaban J connectivity index is 2.38. The first kappa shape index (κ1) is 12.6. The molecule has 0 aliphatic carbocycles. The molecule has 1 heterocycles. The number of nitrogens with two attached hydrogens (primary N) is 1. The highest BCUT2D eigenvalue weighted by Gasteiger charge is 2.30. The number of benzene rings is 1. The largest absolute Gasteiger partial charge is 0.416 e. The number of alkyl halides is 3. The number of halogens is 3. The normalized spacial score (nSPS) is 13.6. The maximum Gasteiger partial charge on any atom is 0.416 e. The zero-order chi connectivity index (χ0) is 13.3. The first-order valence-corrected chi connectivity index (χ1v) is 5.23. The summed E-state index contributed by atoms with van der Waals surface area (Å²) in [5.41, 5.74) is 6.14. The molecule has 7 heteroatoms. The average Bonchev–Trinajstić information content (AvgIpc) is 2.77. The summed E-state index contributed by atoms with van der Waals surface area (Å²) in [6.45, 7) is 1.75. The fourth-order valence-corrected chi connectivity index (χ4v) is 1.55. The van der Waals surface area contributed by atoms with Gasteiger partial charge in [0.05, 0.1) is 23.1 Å². The van der Waals surface area contributed by atoms with Gasteiger partial charge in [0.2, 0.25) is 0 Å². The predicted molar refractivity (Wildman–Crippen MR) is 59.0 cm³/mol. The van der Waals surface area contributed by atoms with E-state index >= 15 is 0 Å². The molecular formula is C11H11F3N4. The lowest BCUT2D eigenvalue weighted by Crippen LogP contribution is -2.12. The molecule has 0 radical (unpaired) electrons. The summed E-state index contributed by atoms with van der Waals surface area (Å²) in [4.78, 5) is 0. The number of aromatic nitrogens is 3. The van der Waals surface area contributed by atoms with Gasteiger partial charge in [0.25, 0.3) is 0 Å². The topological polar surface area (TPSA) is 56.7 Å². The van der Waals surface area contributed by atoms with Crippen LogP contribution in [0.15, 0.2) is 30.5 Å². The van der Waals surface area contributed by atoms with E-state index in [1.54, 1.807) is 6.92 Å². The molecule has 96 valence electrons. The molecule has 0 aliphatic heterocycles. The van der Waals surface area contributed by atoms with Gasteiger partial charge in [-0.2, -0.15) is 13.2 Å². The van der Waals surface area contributed by atoms with Crippen LogP contribution in [0, 0.1) is 0 Å². The second-order valence-corrected chi connectivity index (χ2v) is 3.90. The fourth-order valence-electron chi connectivity index (χ4n) is 1.55. The molecule has 0 spiro atoms. The molecule has 0 saturated carbocycles. The van der Waals surface area contributed by atoms with Crippen molar-refractivity contribution in [1.82, 2.24) is 15.0 Å². The summed E-state index contributed by atoms with van der Waals surface area (Å²) in [5, 5.41) is 7.51. The maximum atomic E-state index is 12.4. The Morgan fingerprint density at radius 1 is 1.22 bits per heavy atom.